The largest absolute Gasteiger partial charge is 0.382 e. The number of para-hydroxylation sites is 2. The predicted molar refractivity (Wildman–Crippen MR) is 103 cm³/mol. The van der Waals surface area contributed by atoms with E-state index in [0.29, 0.717) is 23.5 Å². The first kappa shape index (κ1) is 16.5. The van der Waals surface area contributed by atoms with Crippen LogP contribution in [0.25, 0.3) is 11.0 Å². The number of nitrogens with zero attached hydrogens (tertiary/aromatic N) is 4. The summed E-state index contributed by atoms with van der Waals surface area (Å²) in [7, 11) is 0. The van der Waals surface area contributed by atoms with E-state index in [1.54, 1.807) is 12.1 Å². The summed E-state index contributed by atoms with van der Waals surface area (Å²) in [5, 5.41) is 14.4. The lowest BCUT2D eigenvalue weighted by Crippen LogP contribution is -2.15. The lowest BCUT2D eigenvalue weighted by atomic mass is 10.1. The molecule has 9 nitrogen and oxygen atoms in total. The van der Waals surface area contributed by atoms with Gasteiger partial charge < -0.3 is 16.5 Å². The minimum absolute atomic E-state index is 0.189. The smallest absolute Gasteiger partial charge is 0.270 e. The van der Waals surface area contributed by atoms with Crippen LogP contribution in [0.1, 0.15) is 11.3 Å². The van der Waals surface area contributed by atoms with Gasteiger partial charge in [0.05, 0.1) is 16.7 Å². The van der Waals surface area contributed by atoms with Gasteiger partial charge in [-0.15, -0.1) is 5.11 Å². The third kappa shape index (κ3) is 3.38. The Morgan fingerprint density at radius 3 is 2.52 bits per heavy atom. The maximum absolute atomic E-state index is 12.2. The fraction of sp³-hybridized carbons (Fsp3) is 0.0556. The van der Waals surface area contributed by atoms with Crippen molar-refractivity contribution in [2.45, 2.75) is 6.42 Å². The zero-order valence-corrected chi connectivity index (χ0v) is 14.2. The summed E-state index contributed by atoms with van der Waals surface area (Å²) in [6.45, 7) is 0. The predicted octanol–water partition coefficient (Wildman–Crippen LogP) is 2.82. The van der Waals surface area contributed by atoms with Gasteiger partial charge in [0.25, 0.3) is 5.56 Å². The second-order valence-corrected chi connectivity index (χ2v) is 5.94. The molecule has 134 valence electrons. The van der Waals surface area contributed by atoms with E-state index < -0.39 is 0 Å². The maximum atomic E-state index is 12.2. The summed E-state index contributed by atoms with van der Waals surface area (Å²) in [5.41, 5.74) is 14.9. The highest BCUT2D eigenvalue weighted by Crippen LogP contribution is 2.28. The number of nitrogens with one attached hydrogen (secondary N) is 2. The molecule has 27 heavy (non-hydrogen) atoms. The molecule has 0 aliphatic rings. The monoisotopic (exact) mass is 360 g/mol. The minimum atomic E-state index is -0.191. The van der Waals surface area contributed by atoms with Crippen molar-refractivity contribution in [3.8, 4) is 0 Å². The SMILES string of the molecule is Nc1n[nH]c(N)c1N=Nc1ccc(Cc2nc3ccccc3[nH]c2=O)cc1. The Morgan fingerprint density at radius 1 is 1.00 bits per heavy atom. The van der Waals surface area contributed by atoms with E-state index in [4.69, 9.17) is 11.5 Å². The van der Waals surface area contributed by atoms with Crippen LogP contribution in [0.2, 0.25) is 0 Å². The zero-order valence-electron chi connectivity index (χ0n) is 14.2. The molecular formula is C18H16N8O. The first-order valence-corrected chi connectivity index (χ1v) is 8.18. The highest BCUT2D eigenvalue weighted by atomic mass is 16.1. The summed E-state index contributed by atoms with van der Waals surface area (Å²) < 4.78 is 0. The lowest BCUT2D eigenvalue weighted by molar-refractivity contribution is 1.03. The van der Waals surface area contributed by atoms with Gasteiger partial charge in [-0.1, -0.05) is 24.3 Å². The van der Waals surface area contributed by atoms with Gasteiger partial charge >= 0.3 is 0 Å². The normalized spacial score (nSPS) is 11.4. The van der Waals surface area contributed by atoms with Crippen molar-refractivity contribution >= 4 is 34.0 Å². The average molecular weight is 360 g/mol. The van der Waals surface area contributed by atoms with E-state index in [-0.39, 0.29) is 17.2 Å². The summed E-state index contributed by atoms with van der Waals surface area (Å²) in [5.74, 6) is 0.448. The number of anilines is 2. The van der Waals surface area contributed by atoms with E-state index in [0.717, 1.165) is 16.6 Å². The number of fused-ring (bicyclic) bond motifs is 1. The molecule has 0 bridgehead atoms. The maximum Gasteiger partial charge on any atom is 0.270 e. The van der Waals surface area contributed by atoms with Gasteiger partial charge in [0.1, 0.15) is 11.5 Å². The quantitative estimate of drug-likeness (QED) is 0.412. The standard InChI is InChI=1S/C18H16N8O/c19-16-15(17(20)26-25-16)24-23-11-7-5-10(6-8-11)9-14-18(27)22-13-4-2-1-3-12(13)21-14/h1-8H,9H2,(H,22,27)(H5,19,20,25,26). The number of aromatic amines is 2. The summed E-state index contributed by atoms with van der Waals surface area (Å²) in [6, 6.07) is 14.8. The fourth-order valence-electron chi connectivity index (χ4n) is 2.64. The number of H-pyrrole nitrogens is 2. The molecule has 2 aromatic heterocycles. The molecule has 0 aliphatic heterocycles. The molecule has 0 atom stereocenters. The molecule has 2 heterocycles. The number of benzene rings is 2. The molecule has 0 saturated heterocycles. The summed E-state index contributed by atoms with van der Waals surface area (Å²) in [6.07, 6.45) is 0.416. The van der Waals surface area contributed by atoms with Gasteiger partial charge in [-0.25, -0.2) is 4.98 Å². The molecular weight excluding hydrogens is 344 g/mol. The third-order valence-corrected chi connectivity index (χ3v) is 4.04. The number of aromatic nitrogens is 4. The Kier molecular flexibility index (Phi) is 4.09. The number of hydrogen-bond acceptors (Lipinski definition) is 7. The molecule has 0 amide bonds. The Bertz CT molecular complexity index is 1170. The highest BCUT2D eigenvalue weighted by molar-refractivity contribution is 5.73. The minimum Gasteiger partial charge on any atom is -0.382 e. The van der Waals surface area contributed by atoms with Crippen molar-refractivity contribution in [3.05, 3.63) is 70.1 Å². The second-order valence-electron chi connectivity index (χ2n) is 5.94. The third-order valence-electron chi connectivity index (χ3n) is 4.04. The zero-order chi connectivity index (χ0) is 18.8. The lowest BCUT2D eigenvalue weighted by Gasteiger charge is -2.03. The van der Waals surface area contributed by atoms with E-state index in [1.807, 2.05) is 36.4 Å². The average Bonchev–Trinajstić information content (AvgIpc) is 2.99. The second kappa shape index (κ2) is 6.71. The number of hydrogen-bond donors (Lipinski definition) is 4. The van der Waals surface area contributed by atoms with Crippen LogP contribution in [0.3, 0.4) is 0 Å². The van der Waals surface area contributed by atoms with Crippen LogP contribution in [0.15, 0.2) is 63.6 Å². The van der Waals surface area contributed by atoms with Crippen LogP contribution in [0, 0.1) is 0 Å². The number of nitrogen functional groups attached to an aromatic ring is 2. The van der Waals surface area contributed by atoms with Crippen molar-refractivity contribution in [2.24, 2.45) is 10.2 Å². The van der Waals surface area contributed by atoms with E-state index in [2.05, 4.69) is 30.4 Å². The van der Waals surface area contributed by atoms with Crippen LogP contribution in [-0.2, 0) is 6.42 Å². The van der Waals surface area contributed by atoms with Gasteiger partial charge in [-0.3, -0.25) is 9.89 Å². The Labute approximate surface area is 153 Å². The Hall–Kier alpha value is -4.01. The van der Waals surface area contributed by atoms with Crippen molar-refractivity contribution < 1.29 is 0 Å². The van der Waals surface area contributed by atoms with Crippen LogP contribution >= 0.6 is 0 Å². The molecule has 6 N–H and O–H groups in total. The van der Waals surface area contributed by atoms with E-state index in [9.17, 15) is 4.79 Å². The van der Waals surface area contributed by atoms with Gasteiger partial charge in [0.15, 0.2) is 11.5 Å². The van der Waals surface area contributed by atoms with Crippen LogP contribution < -0.4 is 17.0 Å². The molecule has 0 saturated carbocycles. The van der Waals surface area contributed by atoms with Crippen molar-refractivity contribution in [3.63, 3.8) is 0 Å². The number of nitrogens with two attached hydrogens (primary N) is 2. The van der Waals surface area contributed by atoms with E-state index in [1.165, 1.54) is 0 Å². The van der Waals surface area contributed by atoms with Crippen LogP contribution in [-0.4, -0.2) is 20.2 Å². The Balaban J connectivity index is 1.55. The highest BCUT2D eigenvalue weighted by Gasteiger charge is 2.07. The van der Waals surface area contributed by atoms with Gasteiger partial charge in [0, 0.05) is 6.42 Å². The summed E-state index contributed by atoms with van der Waals surface area (Å²) >= 11 is 0. The van der Waals surface area contributed by atoms with Crippen molar-refractivity contribution in [1.82, 2.24) is 20.2 Å². The van der Waals surface area contributed by atoms with E-state index >= 15 is 0 Å². The fourth-order valence-corrected chi connectivity index (χ4v) is 2.64. The summed E-state index contributed by atoms with van der Waals surface area (Å²) in [4.78, 5) is 19.5. The van der Waals surface area contributed by atoms with Crippen LogP contribution in [0.4, 0.5) is 23.0 Å². The van der Waals surface area contributed by atoms with Crippen molar-refractivity contribution in [1.29, 1.82) is 0 Å². The Morgan fingerprint density at radius 2 is 1.78 bits per heavy atom. The van der Waals surface area contributed by atoms with Crippen LogP contribution in [0.5, 0.6) is 0 Å². The molecule has 4 aromatic rings. The molecule has 0 aliphatic carbocycles. The first-order chi connectivity index (χ1) is 13.1. The topological polar surface area (TPSA) is 151 Å². The molecule has 0 radical (unpaired) electrons. The first-order valence-electron chi connectivity index (χ1n) is 8.18. The van der Waals surface area contributed by atoms with Crippen molar-refractivity contribution in [2.75, 3.05) is 11.5 Å². The molecule has 2 aromatic carbocycles. The van der Waals surface area contributed by atoms with Gasteiger partial charge in [-0.2, -0.15) is 10.2 Å². The number of azo groups is 1. The number of rotatable bonds is 4. The van der Waals surface area contributed by atoms with Gasteiger partial charge in [0.2, 0.25) is 0 Å². The molecule has 0 fully saturated rings. The van der Waals surface area contributed by atoms with Gasteiger partial charge in [-0.05, 0) is 29.8 Å². The molecule has 0 unspecified atom stereocenters. The molecule has 4 rings (SSSR count). The molecule has 9 heteroatoms. The molecule has 0 spiro atoms.